The zero-order chi connectivity index (χ0) is 15.9. The molecule has 3 rings (SSSR count). The largest absolute Gasteiger partial charge is 0.428 e. The van der Waals surface area contributed by atoms with E-state index in [-0.39, 0.29) is 5.97 Å². The summed E-state index contributed by atoms with van der Waals surface area (Å²) in [5.74, 6) is 0.572. The van der Waals surface area contributed by atoms with Crippen molar-refractivity contribution < 1.29 is 9.53 Å². The standard InChI is InChI=1S/C20H20O2/c1-13-5-9-16(10-6-13)15(3)18-20(4,19(21)22-18)17-11-7-14(2)8-12-17/h5-12H,1-4H3/b18-15+. The highest BCUT2D eigenvalue weighted by Crippen LogP contribution is 2.46. The molecule has 0 aliphatic carbocycles. The van der Waals surface area contributed by atoms with Crippen molar-refractivity contribution in [3.8, 4) is 0 Å². The Balaban J connectivity index is 2.07. The second-order valence-corrected chi connectivity index (χ2v) is 6.20. The molecule has 2 heteroatoms. The second kappa shape index (κ2) is 5.13. The highest BCUT2D eigenvalue weighted by Gasteiger charge is 2.53. The first-order valence-electron chi connectivity index (χ1n) is 7.51. The smallest absolute Gasteiger partial charge is 0.329 e. The number of hydrogen-bond donors (Lipinski definition) is 0. The minimum Gasteiger partial charge on any atom is -0.428 e. The quantitative estimate of drug-likeness (QED) is 0.759. The van der Waals surface area contributed by atoms with E-state index in [4.69, 9.17) is 4.74 Å². The average Bonchev–Trinajstić information content (AvgIpc) is 2.52. The van der Waals surface area contributed by atoms with E-state index in [9.17, 15) is 4.79 Å². The predicted octanol–water partition coefficient (Wildman–Crippen LogP) is 4.55. The average molecular weight is 292 g/mol. The van der Waals surface area contributed by atoms with Crippen LogP contribution in [0.15, 0.2) is 54.3 Å². The van der Waals surface area contributed by atoms with Gasteiger partial charge in [-0.3, -0.25) is 4.79 Å². The molecule has 1 saturated heterocycles. The van der Waals surface area contributed by atoms with Crippen LogP contribution in [-0.2, 0) is 14.9 Å². The van der Waals surface area contributed by atoms with Gasteiger partial charge in [0.05, 0.1) is 0 Å². The molecular formula is C20H20O2. The maximum atomic E-state index is 12.2. The van der Waals surface area contributed by atoms with Gasteiger partial charge in [0.25, 0.3) is 0 Å². The number of carbonyl (C=O) groups is 1. The zero-order valence-electron chi connectivity index (χ0n) is 13.4. The number of hydrogen-bond acceptors (Lipinski definition) is 2. The first-order chi connectivity index (χ1) is 10.4. The van der Waals surface area contributed by atoms with Crippen LogP contribution in [0.25, 0.3) is 5.57 Å². The summed E-state index contributed by atoms with van der Waals surface area (Å²) in [6.45, 7) is 8.06. The summed E-state index contributed by atoms with van der Waals surface area (Å²) in [6.07, 6.45) is 0. The van der Waals surface area contributed by atoms with E-state index in [1.807, 2.05) is 45.0 Å². The van der Waals surface area contributed by atoms with Crippen LogP contribution < -0.4 is 0 Å². The lowest BCUT2D eigenvalue weighted by atomic mass is 9.74. The highest BCUT2D eigenvalue weighted by atomic mass is 16.6. The van der Waals surface area contributed by atoms with Gasteiger partial charge in [0.1, 0.15) is 11.2 Å². The van der Waals surface area contributed by atoms with Crippen molar-refractivity contribution >= 4 is 11.5 Å². The lowest BCUT2D eigenvalue weighted by Gasteiger charge is -2.40. The molecule has 0 radical (unpaired) electrons. The summed E-state index contributed by atoms with van der Waals surface area (Å²) in [6, 6.07) is 16.4. The fourth-order valence-corrected chi connectivity index (χ4v) is 2.87. The molecular weight excluding hydrogens is 272 g/mol. The third kappa shape index (κ3) is 2.16. The predicted molar refractivity (Wildman–Crippen MR) is 88.4 cm³/mol. The van der Waals surface area contributed by atoms with Gasteiger partial charge in [-0.05, 0) is 44.4 Å². The summed E-state index contributed by atoms with van der Waals surface area (Å²) >= 11 is 0. The Labute approximate surface area is 131 Å². The molecule has 2 aromatic carbocycles. The second-order valence-electron chi connectivity index (χ2n) is 6.20. The van der Waals surface area contributed by atoms with E-state index < -0.39 is 5.41 Å². The van der Waals surface area contributed by atoms with Crippen molar-refractivity contribution in [2.45, 2.75) is 33.1 Å². The number of allylic oxidation sites excluding steroid dienone is 1. The minimum atomic E-state index is -0.678. The molecule has 112 valence electrons. The van der Waals surface area contributed by atoms with E-state index in [0.717, 1.165) is 22.5 Å². The molecule has 1 aliphatic heterocycles. The summed E-state index contributed by atoms with van der Waals surface area (Å²) in [7, 11) is 0. The van der Waals surface area contributed by atoms with Crippen molar-refractivity contribution in [3.05, 3.63) is 76.5 Å². The van der Waals surface area contributed by atoms with E-state index in [1.54, 1.807) is 0 Å². The van der Waals surface area contributed by atoms with E-state index in [2.05, 4.69) is 31.2 Å². The highest BCUT2D eigenvalue weighted by molar-refractivity contribution is 5.97. The van der Waals surface area contributed by atoms with Gasteiger partial charge in [0, 0.05) is 0 Å². The van der Waals surface area contributed by atoms with E-state index >= 15 is 0 Å². The number of ether oxygens (including phenoxy) is 1. The SMILES string of the molecule is C/C(=C1\OC(=O)C1(C)c1ccc(C)cc1)c1ccc(C)cc1. The number of benzene rings is 2. The third-order valence-corrected chi connectivity index (χ3v) is 4.51. The fraction of sp³-hybridized carbons (Fsp3) is 0.250. The Bertz CT molecular complexity index is 751. The maximum absolute atomic E-state index is 12.2. The van der Waals surface area contributed by atoms with Crippen LogP contribution in [0.1, 0.15) is 36.1 Å². The third-order valence-electron chi connectivity index (χ3n) is 4.51. The molecule has 2 nitrogen and oxygen atoms in total. The molecule has 0 aromatic heterocycles. The molecule has 0 amide bonds. The molecule has 1 unspecified atom stereocenters. The van der Waals surface area contributed by atoms with Gasteiger partial charge in [-0.15, -0.1) is 0 Å². The number of rotatable bonds is 2. The summed E-state index contributed by atoms with van der Waals surface area (Å²) in [5, 5.41) is 0. The Morgan fingerprint density at radius 1 is 0.909 bits per heavy atom. The summed E-state index contributed by atoms with van der Waals surface area (Å²) < 4.78 is 5.43. The molecule has 22 heavy (non-hydrogen) atoms. The molecule has 1 aliphatic rings. The van der Waals surface area contributed by atoms with E-state index in [1.165, 1.54) is 11.1 Å². The molecule has 0 saturated carbocycles. The molecule has 0 bridgehead atoms. The van der Waals surface area contributed by atoms with E-state index in [0.29, 0.717) is 0 Å². The van der Waals surface area contributed by atoms with Gasteiger partial charge in [-0.1, -0.05) is 59.7 Å². The monoisotopic (exact) mass is 292 g/mol. The first kappa shape index (κ1) is 14.6. The molecule has 0 spiro atoms. The Morgan fingerprint density at radius 2 is 1.41 bits per heavy atom. The van der Waals surface area contributed by atoms with Gasteiger partial charge in [-0.2, -0.15) is 0 Å². The van der Waals surface area contributed by atoms with Crippen molar-refractivity contribution in [3.63, 3.8) is 0 Å². The van der Waals surface area contributed by atoms with Crippen LogP contribution in [0.3, 0.4) is 0 Å². The Morgan fingerprint density at radius 3 is 1.91 bits per heavy atom. The number of carbonyl (C=O) groups excluding carboxylic acids is 1. The minimum absolute atomic E-state index is 0.183. The van der Waals surface area contributed by atoms with Crippen molar-refractivity contribution in [2.75, 3.05) is 0 Å². The molecule has 2 aromatic rings. The van der Waals surface area contributed by atoms with Gasteiger partial charge in [0.15, 0.2) is 0 Å². The number of aryl methyl sites for hydroxylation is 2. The van der Waals surface area contributed by atoms with Gasteiger partial charge < -0.3 is 4.74 Å². The Kier molecular flexibility index (Phi) is 3.40. The first-order valence-corrected chi connectivity index (χ1v) is 7.51. The summed E-state index contributed by atoms with van der Waals surface area (Å²) in [5.41, 5.74) is 4.81. The van der Waals surface area contributed by atoms with Crippen LogP contribution in [0, 0.1) is 13.8 Å². The molecule has 0 N–H and O–H groups in total. The topological polar surface area (TPSA) is 26.3 Å². The number of esters is 1. The van der Waals surface area contributed by atoms with Crippen molar-refractivity contribution in [1.29, 1.82) is 0 Å². The van der Waals surface area contributed by atoms with Gasteiger partial charge in [-0.25, -0.2) is 0 Å². The molecule has 1 atom stereocenters. The van der Waals surface area contributed by atoms with Crippen LogP contribution in [0.5, 0.6) is 0 Å². The zero-order valence-corrected chi connectivity index (χ0v) is 13.4. The van der Waals surface area contributed by atoms with Gasteiger partial charge in [0.2, 0.25) is 0 Å². The van der Waals surface area contributed by atoms with Crippen LogP contribution in [0.4, 0.5) is 0 Å². The van der Waals surface area contributed by atoms with Crippen LogP contribution in [-0.4, -0.2) is 5.97 Å². The van der Waals surface area contributed by atoms with Gasteiger partial charge >= 0.3 is 5.97 Å². The molecule has 1 fully saturated rings. The van der Waals surface area contributed by atoms with Crippen LogP contribution in [0.2, 0.25) is 0 Å². The summed E-state index contributed by atoms with van der Waals surface area (Å²) in [4.78, 5) is 12.2. The number of cyclic esters (lactones) is 1. The lowest BCUT2D eigenvalue weighted by Crippen LogP contribution is -2.48. The lowest BCUT2D eigenvalue weighted by molar-refractivity contribution is -0.159. The molecule has 1 heterocycles. The maximum Gasteiger partial charge on any atom is 0.329 e. The van der Waals surface area contributed by atoms with Crippen molar-refractivity contribution in [1.82, 2.24) is 0 Å². The normalized spacial score (nSPS) is 22.8. The fourth-order valence-electron chi connectivity index (χ4n) is 2.87. The van der Waals surface area contributed by atoms with Crippen molar-refractivity contribution in [2.24, 2.45) is 0 Å². The van der Waals surface area contributed by atoms with Crippen LogP contribution >= 0.6 is 0 Å². The Hall–Kier alpha value is -2.35.